The lowest BCUT2D eigenvalue weighted by Crippen LogP contribution is -2.34. The number of amides is 2. The van der Waals surface area contributed by atoms with E-state index >= 15 is 0 Å². The van der Waals surface area contributed by atoms with Gasteiger partial charge in [0.05, 0.1) is 6.61 Å². The highest BCUT2D eigenvalue weighted by Crippen LogP contribution is 2.15. The maximum Gasteiger partial charge on any atom is 0.255 e. The normalized spacial score (nSPS) is 17.1. The van der Waals surface area contributed by atoms with E-state index < -0.39 is 5.91 Å². The maximum absolute atomic E-state index is 12.3. The molecule has 0 radical (unpaired) electrons. The van der Waals surface area contributed by atoms with Crippen molar-refractivity contribution in [3.8, 4) is 5.75 Å². The van der Waals surface area contributed by atoms with Gasteiger partial charge in [0, 0.05) is 31.7 Å². The summed E-state index contributed by atoms with van der Waals surface area (Å²) >= 11 is 0. The molecule has 1 aliphatic heterocycles. The highest BCUT2D eigenvalue weighted by molar-refractivity contribution is 5.91. The van der Waals surface area contributed by atoms with Crippen LogP contribution in [-0.4, -0.2) is 49.6 Å². The third-order valence-electron chi connectivity index (χ3n) is 3.88. The number of rotatable bonds is 8. The van der Waals surface area contributed by atoms with Crippen LogP contribution in [-0.2, 0) is 14.3 Å². The predicted molar refractivity (Wildman–Crippen MR) is 91.3 cm³/mol. The molecule has 1 saturated heterocycles. The molecule has 130 valence electrons. The number of ether oxygens (including phenoxy) is 2. The van der Waals surface area contributed by atoms with Gasteiger partial charge in [0.25, 0.3) is 5.91 Å². The zero-order valence-corrected chi connectivity index (χ0v) is 13.9. The van der Waals surface area contributed by atoms with Gasteiger partial charge in [0.2, 0.25) is 5.91 Å². The molecule has 24 heavy (non-hydrogen) atoms. The summed E-state index contributed by atoms with van der Waals surface area (Å²) in [7, 11) is 0. The predicted octanol–water partition coefficient (Wildman–Crippen LogP) is 1.45. The van der Waals surface area contributed by atoms with Crippen molar-refractivity contribution in [1.29, 1.82) is 0 Å². The molecule has 1 fully saturated rings. The molecule has 2 rings (SSSR count). The molecule has 1 aromatic rings. The Morgan fingerprint density at radius 2 is 2.12 bits per heavy atom. The van der Waals surface area contributed by atoms with Crippen molar-refractivity contribution in [2.24, 2.45) is 11.7 Å². The Bertz CT molecular complexity index is 577. The second-order valence-electron chi connectivity index (χ2n) is 5.76. The van der Waals surface area contributed by atoms with Crippen LogP contribution in [0.15, 0.2) is 30.3 Å². The zero-order chi connectivity index (χ0) is 17.4. The Morgan fingerprint density at radius 1 is 1.38 bits per heavy atom. The molecule has 2 amide bonds. The number of nitrogens with two attached hydrogens (primary N) is 1. The van der Waals surface area contributed by atoms with Crippen LogP contribution in [0, 0.1) is 5.92 Å². The van der Waals surface area contributed by atoms with Crippen LogP contribution in [0.5, 0.6) is 5.75 Å². The fourth-order valence-electron chi connectivity index (χ4n) is 2.52. The fourth-order valence-corrected chi connectivity index (χ4v) is 2.52. The van der Waals surface area contributed by atoms with E-state index in [0.29, 0.717) is 18.2 Å². The van der Waals surface area contributed by atoms with Gasteiger partial charge in [-0.15, -0.1) is 0 Å². The number of benzene rings is 1. The lowest BCUT2D eigenvalue weighted by Gasteiger charge is -2.22. The first-order chi connectivity index (χ1) is 11.6. The Kier molecular flexibility index (Phi) is 6.81. The van der Waals surface area contributed by atoms with Gasteiger partial charge in [0.15, 0.2) is 6.61 Å². The maximum atomic E-state index is 12.3. The van der Waals surface area contributed by atoms with E-state index in [1.54, 1.807) is 24.3 Å². The second-order valence-corrected chi connectivity index (χ2v) is 5.76. The largest absolute Gasteiger partial charge is 0.484 e. The van der Waals surface area contributed by atoms with Crippen LogP contribution < -0.4 is 10.5 Å². The molecule has 0 saturated carbocycles. The van der Waals surface area contributed by atoms with E-state index in [-0.39, 0.29) is 12.5 Å². The number of carbonyl (C=O) groups excluding carboxylic acids is 2. The summed E-state index contributed by atoms with van der Waals surface area (Å²) in [5, 5.41) is 0. The topological polar surface area (TPSA) is 81.9 Å². The molecule has 1 aliphatic rings. The fraction of sp³-hybridized carbons (Fsp3) is 0.444. The molecular formula is C18H24N2O4. The number of nitrogens with zero attached hydrogens (tertiary/aromatic N) is 1. The van der Waals surface area contributed by atoms with Crippen LogP contribution in [0.25, 0.3) is 6.08 Å². The summed E-state index contributed by atoms with van der Waals surface area (Å²) in [6.07, 6.45) is 4.37. The molecule has 1 heterocycles. The third-order valence-corrected chi connectivity index (χ3v) is 3.88. The number of likely N-dealkylation sites (N-methyl/N-ethyl adjacent to an activating group) is 1. The molecule has 0 aromatic heterocycles. The minimum atomic E-state index is -0.517. The minimum absolute atomic E-state index is 0.00143. The average Bonchev–Trinajstić information content (AvgIpc) is 3.09. The van der Waals surface area contributed by atoms with Gasteiger partial charge < -0.3 is 20.1 Å². The number of primary amides is 1. The zero-order valence-electron chi connectivity index (χ0n) is 13.9. The van der Waals surface area contributed by atoms with Crippen molar-refractivity contribution in [1.82, 2.24) is 4.90 Å². The van der Waals surface area contributed by atoms with Crippen molar-refractivity contribution in [2.75, 3.05) is 32.9 Å². The highest BCUT2D eigenvalue weighted by Gasteiger charge is 2.20. The highest BCUT2D eigenvalue weighted by atomic mass is 16.5. The molecule has 6 nitrogen and oxygen atoms in total. The van der Waals surface area contributed by atoms with Crippen LogP contribution in [0.1, 0.15) is 18.9 Å². The van der Waals surface area contributed by atoms with Gasteiger partial charge >= 0.3 is 0 Å². The van der Waals surface area contributed by atoms with Crippen molar-refractivity contribution in [2.45, 2.75) is 13.3 Å². The number of hydrogen-bond donors (Lipinski definition) is 1. The van der Waals surface area contributed by atoms with Gasteiger partial charge in [0.1, 0.15) is 5.75 Å². The summed E-state index contributed by atoms with van der Waals surface area (Å²) in [6.45, 7) is 4.77. The number of hydrogen-bond acceptors (Lipinski definition) is 4. The minimum Gasteiger partial charge on any atom is -0.484 e. The molecule has 0 spiro atoms. The molecule has 2 N–H and O–H groups in total. The van der Waals surface area contributed by atoms with Gasteiger partial charge in [-0.05, 0) is 37.1 Å². The summed E-state index contributed by atoms with van der Waals surface area (Å²) in [6, 6.07) is 7.11. The molecule has 6 heteroatoms. The van der Waals surface area contributed by atoms with Gasteiger partial charge in [-0.3, -0.25) is 9.59 Å². The summed E-state index contributed by atoms with van der Waals surface area (Å²) in [5.74, 6) is 0.480. The molecule has 0 bridgehead atoms. The molecular weight excluding hydrogens is 308 g/mol. The number of carbonyl (C=O) groups is 2. The standard InChI is InChI=1S/C18H24N2O4/c1-2-20(11-15-9-10-23-12-15)18(22)8-5-14-3-6-16(7-4-14)24-13-17(19)21/h3-8,15H,2,9-13H2,1H3,(H2,19,21)/b8-5+/t15-/m0/s1. The van der Waals surface area contributed by atoms with Crippen molar-refractivity contribution in [3.63, 3.8) is 0 Å². The molecule has 1 atom stereocenters. The van der Waals surface area contributed by atoms with Crippen LogP contribution in [0.4, 0.5) is 0 Å². The Morgan fingerprint density at radius 3 is 2.71 bits per heavy atom. The first-order valence-corrected chi connectivity index (χ1v) is 8.14. The Balaban J connectivity index is 1.88. The van der Waals surface area contributed by atoms with E-state index in [4.69, 9.17) is 15.2 Å². The van der Waals surface area contributed by atoms with E-state index in [2.05, 4.69) is 0 Å². The first-order valence-electron chi connectivity index (χ1n) is 8.14. The van der Waals surface area contributed by atoms with E-state index in [1.807, 2.05) is 24.0 Å². The Labute approximate surface area is 142 Å². The summed E-state index contributed by atoms with van der Waals surface area (Å²) in [4.78, 5) is 24.8. The van der Waals surface area contributed by atoms with Crippen LogP contribution in [0.2, 0.25) is 0 Å². The van der Waals surface area contributed by atoms with Crippen molar-refractivity contribution >= 4 is 17.9 Å². The lowest BCUT2D eigenvalue weighted by molar-refractivity contribution is -0.126. The quantitative estimate of drug-likeness (QED) is 0.731. The van der Waals surface area contributed by atoms with Crippen molar-refractivity contribution < 1.29 is 19.1 Å². The van der Waals surface area contributed by atoms with Gasteiger partial charge in [-0.25, -0.2) is 0 Å². The van der Waals surface area contributed by atoms with E-state index in [9.17, 15) is 9.59 Å². The molecule has 0 unspecified atom stereocenters. The first kappa shape index (κ1) is 18.0. The summed E-state index contributed by atoms with van der Waals surface area (Å²) in [5.41, 5.74) is 5.91. The monoisotopic (exact) mass is 332 g/mol. The van der Waals surface area contributed by atoms with E-state index in [1.165, 1.54) is 0 Å². The summed E-state index contributed by atoms with van der Waals surface area (Å²) < 4.78 is 10.6. The molecule has 0 aliphatic carbocycles. The SMILES string of the molecule is CCN(C[C@@H]1CCOC1)C(=O)/C=C/c1ccc(OCC(N)=O)cc1. The van der Waals surface area contributed by atoms with Crippen molar-refractivity contribution in [3.05, 3.63) is 35.9 Å². The van der Waals surface area contributed by atoms with Crippen LogP contribution in [0.3, 0.4) is 0 Å². The smallest absolute Gasteiger partial charge is 0.255 e. The molecule has 1 aromatic carbocycles. The van der Waals surface area contributed by atoms with Gasteiger partial charge in [-0.1, -0.05) is 12.1 Å². The van der Waals surface area contributed by atoms with Crippen LogP contribution >= 0.6 is 0 Å². The third kappa shape index (κ3) is 5.70. The lowest BCUT2D eigenvalue weighted by atomic mass is 10.1. The van der Waals surface area contributed by atoms with E-state index in [0.717, 1.165) is 31.7 Å². The second kappa shape index (κ2) is 9.08. The Hall–Kier alpha value is -2.34. The van der Waals surface area contributed by atoms with Gasteiger partial charge in [-0.2, -0.15) is 0 Å². The average molecular weight is 332 g/mol.